The van der Waals surface area contributed by atoms with E-state index in [1.165, 1.54) is 25.3 Å². The van der Waals surface area contributed by atoms with Crippen molar-refractivity contribution in [3.8, 4) is 0 Å². The van der Waals surface area contributed by atoms with Gasteiger partial charge < -0.3 is 15.5 Å². The Morgan fingerprint density at radius 3 is 2.78 bits per heavy atom. The lowest BCUT2D eigenvalue weighted by atomic mass is 10.0. The minimum absolute atomic E-state index is 0.220. The minimum atomic E-state index is -4.41. The molecule has 0 aliphatic carbocycles. The number of nitrogens with zero attached hydrogens (tertiary/aromatic N) is 2. The fraction of sp³-hybridized carbons (Fsp3) is 0.632. The molecule has 2 fully saturated rings. The molecular formula is C19H25F3N4O. The minimum Gasteiger partial charge on any atom is -0.355 e. The second kappa shape index (κ2) is 7.31. The number of hydrogen-bond acceptors (Lipinski definition) is 4. The fourth-order valence-corrected chi connectivity index (χ4v) is 4.34. The number of alkyl halides is 3. The van der Waals surface area contributed by atoms with Gasteiger partial charge in [0, 0.05) is 25.7 Å². The number of carbonyl (C=O) groups excluding carboxylic acids is 1. The van der Waals surface area contributed by atoms with Crippen LogP contribution in [-0.4, -0.2) is 55.6 Å². The van der Waals surface area contributed by atoms with Gasteiger partial charge in [-0.2, -0.15) is 13.2 Å². The van der Waals surface area contributed by atoms with Crippen LogP contribution < -0.4 is 15.5 Å². The topological polar surface area (TPSA) is 47.6 Å². The Labute approximate surface area is 156 Å². The third-order valence-corrected chi connectivity index (χ3v) is 5.86. The van der Waals surface area contributed by atoms with Crippen LogP contribution in [0.5, 0.6) is 0 Å². The highest BCUT2D eigenvalue weighted by Crippen LogP contribution is 2.38. The first-order chi connectivity index (χ1) is 12.9. The molecule has 0 bridgehead atoms. The van der Waals surface area contributed by atoms with Gasteiger partial charge in [-0.05, 0) is 50.6 Å². The Bertz CT molecular complexity index is 703. The van der Waals surface area contributed by atoms with Crippen LogP contribution in [0.25, 0.3) is 0 Å². The van der Waals surface area contributed by atoms with Gasteiger partial charge in [-0.3, -0.25) is 9.69 Å². The molecule has 3 heterocycles. The van der Waals surface area contributed by atoms with Crippen molar-refractivity contribution in [3.05, 3.63) is 23.8 Å². The lowest BCUT2D eigenvalue weighted by Gasteiger charge is -2.45. The molecule has 1 aromatic carbocycles. The standard InChI is InChI=1S/C19H25F3N4O/c20-19(21,22)13-4-5-16-15(11-13)24-18(27)17-12-25(9-10-26(16)17)8-6-14-3-1-2-7-23-14/h4-5,11,14,17,23H,1-3,6-10,12H2,(H,24,27). The summed E-state index contributed by atoms with van der Waals surface area (Å²) in [5.74, 6) is -0.220. The molecule has 1 amide bonds. The molecule has 4 rings (SSSR count). The number of piperazine rings is 1. The van der Waals surface area contributed by atoms with E-state index in [1.807, 2.05) is 4.90 Å². The van der Waals surface area contributed by atoms with Crippen LogP contribution in [0.15, 0.2) is 18.2 Å². The first-order valence-electron chi connectivity index (χ1n) is 9.66. The van der Waals surface area contributed by atoms with E-state index in [-0.39, 0.29) is 17.6 Å². The number of carbonyl (C=O) groups is 1. The fourth-order valence-electron chi connectivity index (χ4n) is 4.34. The van der Waals surface area contributed by atoms with Gasteiger partial charge in [0.1, 0.15) is 6.04 Å². The number of halogens is 3. The molecule has 3 aliphatic heterocycles. The highest BCUT2D eigenvalue weighted by Gasteiger charge is 2.39. The second-order valence-electron chi connectivity index (χ2n) is 7.66. The van der Waals surface area contributed by atoms with Gasteiger partial charge in [0.05, 0.1) is 16.9 Å². The average Bonchev–Trinajstić information content (AvgIpc) is 2.66. The number of nitrogens with one attached hydrogen (secondary N) is 2. The van der Waals surface area contributed by atoms with E-state index in [9.17, 15) is 18.0 Å². The molecule has 0 radical (unpaired) electrons. The van der Waals surface area contributed by atoms with Crippen molar-refractivity contribution in [2.75, 3.05) is 42.9 Å². The smallest absolute Gasteiger partial charge is 0.355 e. The van der Waals surface area contributed by atoms with Gasteiger partial charge in [0.2, 0.25) is 5.91 Å². The van der Waals surface area contributed by atoms with Crippen molar-refractivity contribution in [2.24, 2.45) is 0 Å². The van der Waals surface area contributed by atoms with Gasteiger partial charge in [0.25, 0.3) is 0 Å². The SMILES string of the molecule is O=C1Nc2cc(C(F)(F)F)ccc2N2CCN(CCC3CCCCN3)CC12. The molecule has 2 atom stereocenters. The number of amides is 1. The Hall–Kier alpha value is -1.80. The zero-order valence-corrected chi connectivity index (χ0v) is 15.2. The summed E-state index contributed by atoms with van der Waals surface area (Å²) < 4.78 is 38.8. The van der Waals surface area contributed by atoms with E-state index >= 15 is 0 Å². The first kappa shape index (κ1) is 18.6. The van der Waals surface area contributed by atoms with E-state index in [0.717, 1.165) is 38.2 Å². The van der Waals surface area contributed by atoms with E-state index in [0.29, 0.717) is 24.8 Å². The number of fused-ring (bicyclic) bond motifs is 3. The Morgan fingerprint density at radius 2 is 2.04 bits per heavy atom. The van der Waals surface area contributed by atoms with E-state index in [2.05, 4.69) is 15.5 Å². The quantitative estimate of drug-likeness (QED) is 0.844. The van der Waals surface area contributed by atoms with Crippen LogP contribution in [0.3, 0.4) is 0 Å². The van der Waals surface area contributed by atoms with Gasteiger partial charge >= 0.3 is 6.18 Å². The van der Waals surface area contributed by atoms with E-state index in [1.54, 1.807) is 0 Å². The van der Waals surface area contributed by atoms with E-state index in [4.69, 9.17) is 0 Å². The second-order valence-corrected chi connectivity index (χ2v) is 7.66. The molecule has 2 saturated heterocycles. The summed E-state index contributed by atoms with van der Waals surface area (Å²) in [6, 6.07) is 3.81. The number of benzene rings is 1. The number of hydrogen-bond donors (Lipinski definition) is 2. The summed E-state index contributed by atoms with van der Waals surface area (Å²) in [6.45, 7) is 4.10. The number of rotatable bonds is 3. The highest BCUT2D eigenvalue weighted by atomic mass is 19.4. The average molecular weight is 382 g/mol. The molecule has 148 valence electrons. The summed E-state index contributed by atoms with van der Waals surface area (Å²) in [5, 5.41) is 6.22. The molecule has 0 saturated carbocycles. The molecule has 8 heteroatoms. The monoisotopic (exact) mass is 382 g/mol. The van der Waals surface area contributed by atoms with E-state index < -0.39 is 11.7 Å². The summed E-state index contributed by atoms with van der Waals surface area (Å²) in [6.07, 6.45) is 0.376. The maximum Gasteiger partial charge on any atom is 0.416 e. The van der Waals surface area contributed by atoms with Crippen molar-refractivity contribution in [3.63, 3.8) is 0 Å². The molecule has 1 aromatic rings. The highest BCUT2D eigenvalue weighted by molar-refractivity contribution is 6.04. The van der Waals surface area contributed by atoms with Gasteiger partial charge in [-0.25, -0.2) is 0 Å². The molecule has 0 spiro atoms. The van der Waals surface area contributed by atoms with Crippen LogP contribution in [0, 0.1) is 0 Å². The first-order valence-corrected chi connectivity index (χ1v) is 9.66. The van der Waals surface area contributed by atoms with Crippen LogP contribution in [0.1, 0.15) is 31.2 Å². The van der Waals surface area contributed by atoms with Gasteiger partial charge in [0.15, 0.2) is 0 Å². The Balaban J connectivity index is 1.43. The maximum atomic E-state index is 12.9. The molecule has 2 unspecified atom stereocenters. The van der Waals surface area contributed by atoms with Crippen molar-refractivity contribution >= 4 is 17.3 Å². The van der Waals surface area contributed by atoms with Crippen LogP contribution in [0.2, 0.25) is 0 Å². The molecule has 5 nitrogen and oxygen atoms in total. The van der Waals surface area contributed by atoms with Crippen molar-refractivity contribution in [2.45, 2.75) is 43.9 Å². The number of piperidine rings is 1. The molecule has 27 heavy (non-hydrogen) atoms. The normalized spacial score (nSPS) is 26.3. The lowest BCUT2D eigenvalue weighted by molar-refractivity contribution is -0.137. The largest absolute Gasteiger partial charge is 0.416 e. The van der Waals surface area contributed by atoms with Crippen LogP contribution >= 0.6 is 0 Å². The summed E-state index contributed by atoms with van der Waals surface area (Å²) in [7, 11) is 0. The zero-order valence-electron chi connectivity index (χ0n) is 15.2. The Kier molecular flexibility index (Phi) is 5.03. The predicted molar refractivity (Wildman–Crippen MR) is 97.9 cm³/mol. The van der Waals surface area contributed by atoms with Crippen molar-refractivity contribution < 1.29 is 18.0 Å². The molecule has 2 N–H and O–H groups in total. The van der Waals surface area contributed by atoms with Gasteiger partial charge in [-0.1, -0.05) is 6.42 Å². The maximum absolute atomic E-state index is 12.9. The van der Waals surface area contributed by atoms with Crippen LogP contribution in [-0.2, 0) is 11.0 Å². The third-order valence-electron chi connectivity index (χ3n) is 5.86. The summed E-state index contributed by atoms with van der Waals surface area (Å²) in [4.78, 5) is 16.8. The molecule has 0 aromatic heterocycles. The van der Waals surface area contributed by atoms with Gasteiger partial charge in [-0.15, -0.1) is 0 Å². The van der Waals surface area contributed by atoms with Crippen molar-refractivity contribution in [1.29, 1.82) is 0 Å². The predicted octanol–water partition coefficient (Wildman–Crippen LogP) is 2.68. The Morgan fingerprint density at radius 1 is 1.19 bits per heavy atom. The summed E-state index contributed by atoms with van der Waals surface area (Å²) >= 11 is 0. The number of anilines is 2. The van der Waals surface area contributed by atoms with Crippen LogP contribution in [0.4, 0.5) is 24.5 Å². The molecule has 3 aliphatic rings. The van der Waals surface area contributed by atoms with Crippen molar-refractivity contribution in [1.82, 2.24) is 10.2 Å². The third kappa shape index (κ3) is 3.91. The zero-order chi connectivity index (χ0) is 19.0. The summed E-state index contributed by atoms with van der Waals surface area (Å²) in [5.41, 5.74) is 0.200. The lowest BCUT2D eigenvalue weighted by Crippen LogP contribution is -2.60. The molecular weight excluding hydrogens is 357 g/mol.